The Morgan fingerprint density at radius 2 is 1.83 bits per heavy atom. The van der Waals surface area contributed by atoms with Crippen molar-refractivity contribution in [2.45, 2.75) is 0 Å². The summed E-state index contributed by atoms with van der Waals surface area (Å²) in [6.45, 7) is 4.18. The lowest BCUT2D eigenvalue weighted by Crippen LogP contribution is -2.28. The van der Waals surface area contributed by atoms with Gasteiger partial charge in [-0.3, -0.25) is 4.79 Å². The molecule has 4 nitrogen and oxygen atoms in total. The van der Waals surface area contributed by atoms with Crippen LogP contribution in [0.25, 0.3) is 0 Å². The van der Waals surface area contributed by atoms with E-state index >= 15 is 0 Å². The van der Waals surface area contributed by atoms with Crippen LogP contribution in [0, 0.1) is 0 Å². The number of benzene rings is 2. The normalized spacial score (nSPS) is 9.78. The van der Waals surface area contributed by atoms with E-state index in [9.17, 15) is 4.79 Å². The molecule has 0 fully saturated rings. The molecule has 118 valence electrons. The Balaban J connectivity index is 2.05. The summed E-state index contributed by atoms with van der Waals surface area (Å²) in [5, 5.41) is 9.82. The van der Waals surface area contributed by atoms with Crippen LogP contribution in [0.1, 0.15) is 10.4 Å². The molecule has 23 heavy (non-hydrogen) atoms. The first-order chi connectivity index (χ1) is 11.1. The molecule has 0 aliphatic heterocycles. The summed E-state index contributed by atoms with van der Waals surface area (Å²) in [6, 6.07) is 14.1. The molecule has 0 unspecified atom stereocenters. The first-order valence-electron chi connectivity index (χ1n) is 6.91. The molecule has 0 spiro atoms. The van der Waals surface area contributed by atoms with Crippen molar-refractivity contribution >= 4 is 46.2 Å². The summed E-state index contributed by atoms with van der Waals surface area (Å²) in [5.41, 5.74) is 1.89. The molecule has 0 saturated carbocycles. The van der Waals surface area contributed by atoms with Crippen molar-refractivity contribution in [2.24, 2.45) is 0 Å². The lowest BCUT2D eigenvalue weighted by molar-refractivity contribution is 0.102. The lowest BCUT2D eigenvalue weighted by atomic mass is 10.2. The van der Waals surface area contributed by atoms with Crippen LogP contribution in [-0.2, 0) is 0 Å². The molecule has 0 bridgehead atoms. The zero-order valence-electron chi connectivity index (χ0n) is 12.3. The first kappa shape index (κ1) is 17.0. The van der Waals surface area contributed by atoms with Gasteiger partial charge in [0.2, 0.25) is 0 Å². The van der Waals surface area contributed by atoms with Crippen LogP contribution in [0.5, 0.6) is 0 Å². The van der Waals surface area contributed by atoms with E-state index in [1.54, 1.807) is 48.5 Å². The van der Waals surface area contributed by atoms with Gasteiger partial charge < -0.3 is 16.0 Å². The molecule has 2 aromatic rings. The molecule has 2 rings (SSSR count). The number of carbonyl (C=O) groups is 1. The predicted molar refractivity (Wildman–Crippen MR) is 100 cm³/mol. The van der Waals surface area contributed by atoms with Crippen molar-refractivity contribution in [3.8, 4) is 0 Å². The monoisotopic (exact) mass is 345 g/mol. The third kappa shape index (κ3) is 5.39. The van der Waals surface area contributed by atoms with Crippen LogP contribution in [0.15, 0.2) is 61.2 Å². The zero-order chi connectivity index (χ0) is 16.7. The van der Waals surface area contributed by atoms with E-state index in [4.69, 9.17) is 23.8 Å². The molecule has 0 heterocycles. The second-order valence-corrected chi connectivity index (χ2v) is 5.51. The number of carbonyl (C=O) groups excluding carboxylic acids is 1. The molecule has 0 aromatic heterocycles. The summed E-state index contributed by atoms with van der Waals surface area (Å²) in [6.07, 6.45) is 1.71. The van der Waals surface area contributed by atoms with E-state index in [1.807, 2.05) is 6.07 Å². The van der Waals surface area contributed by atoms with Crippen molar-refractivity contribution in [1.82, 2.24) is 5.32 Å². The smallest absolute Gasteiger partial charge is 0.255 e. The summed E-state index contributed by atoms with van der Waals surface area (Å²) in [5.74, 6) is -0.221. The molecule has 0 atom stereocenters. The van der Waals surface area contributed by atoms with Gasteiger partial charge in [0.25, 0.3) is 5.91 Å². The fraction of sp³-hybridized carbons (Fsp3) is 0.0588. The van der Waals surface area contributed by atoms with Crippen LogP contribution in [0.3, 0.4) is 0 Å². The van der Waals surface area contributed by atoms with Crippen molar-refractivity contribution in [3.63, 3.8) is 0 Å². The maximum absolute atomic E-state index is 12.3. The molecule has 0 saturated heterocycles. The number of hydrogen-bond donors (Lipinski definition) is 3. The number of halogens is 1. The minimum absolute atomic E-state index is 0.221. The summed E-state index contributed by atoms with van der Waals surface area (Å²) < 4.78 is 0. The maximum atomic E-state index is 12.3. The van der Waals surface area contributed by atoms with Crippen LogP contribution in [-0.4, -0.2) is 17.6 Å². The van der Waals surface area contributed by atoms with Crippen molar-refractivity contribution in [3.05, 3.63) is 71.8 Å². The van der Waals surface area contributed by atoms with E-state index in [0.29, 0.717) is 27.9 Å². The zero-order valence-corrected chi connectivity index (χ0v) is 13.9. The highest BCUT2D eigenvalue weighted by atomic mass is 35.5. The van der Waals surface area contributed by atoms with Crippen molar-refractivity contribution in [1.29, 1.82) is 0 Å². The number of hydrogen-bond acceptors (Lipinski definition) is 2. The molecule has 2 aromatic carbocycles. The van der Waals surface area contributed by atoms with Crippen LogP contribution < -0.4 is 16.0 Å². The number of thiocarbonyl (C=S) groups is 1. The minimum Gasteiger partial charge on any atom is -0.359 e. The number of amides is 1. The number of nitrogens with one attached hydrogen (secondary N) is 3. The van der Waals surface area contributed by atoms with Gasteiger partial charge in [0.15, 0.2) is 5.11 Å². The predicted octanol–water partition coefficient (Wildman–Crippen LogP) is 4.06. The van der Waals surface area contributed by atoms with Gasteiger partial charge in [0, 0.05) is 28.5 Å². The van der Waals surface area contributed by atoms with E-state index < -0.39 is 0 Å². The Labute approximate surface area is 145 Å². The van der Waals surface area contributed by atoms with Crippen molar-refractivity contribution < 1.29 is 4.79 Å². The minimum atomic E-state index is -0.221. The van der Waals surface area contributed by atoms with Crippen LogP contribution in [0.4, 0.5) is 11.4 Å². The SMILES string of the molecule is C=CCNC(=S)Nc1cccc(C(=O)Nc2cccc(Cl)c2)c1. The van der Waals surface area contributed by atoms with Crippen molar-refractivity contribution in [2.75, 3.05) is 17.2 Å². The molecule has 0 radical (unpaired) electrons. The van der Waals surface area contributed by atoms with E-state index in [0.717, 1.165) is 5.69 Å². The molecular formula is C17H16ClN3OS. The second kappa shape index (κ2) is 8.31. The molecule has 1 amide bonds. The summed E-state index contributed by atoms with van der Waals surface area (Å²) >= 11 is 11.1. The van der Waals surface area contributed by atoms with Gasteiger partial charge in [0.1, 0.15) is 0 Å². The Kier molecular flexibility index (Phi) is 6.14. The van der Waals surface area contributed by atoms with Gasteiger partial charge in [-0.05, 0) is 48.6 Å². The Hall–Kier alpha value is -2.37. The van der Waals surface area contributed by atoms with Gasteiger partial charge in [-0.2, -0.15) is 0 Å². The van der Waals surface area contributed by atoms with Gasteiger partial charge in [-0.1, -0.05) is 29.8 Å². The molecule has 6 heteroatoms. The molecular weight excluding hydrogens is 330 g/mol. The van der Waals surface area contributed by atoms with Crippen LogP contribution in [0.2, 0.25) is 5.02 Å². The largest absolute Gasteiger partial charge is 0.359 e. The Morgan fingerprint density at radius 3 is 2.52 bits per heavy atom. The molecule has 3 N–H and O–H groups in total. The Bertz CT molecular complexity index is 733. The summed E-state index contributed by atoms with van der Waals surface area (Å²) in [4.78, 5) is 12.3. The third-order valence-electron chi connectivity index (χ3n) is 2.87. The quantitative estimate of drug-likeness (QED) is 0.565. The maximum Gasteiger partial charge on any atom is 0.255 e. The highest BCUT2D eigenvalue weighted by Gasteiger charge is 2.07. The van der Waals surface area contributed by atoms with Gasteiger partial charge in [-0.15, -0.1) is 6.58 Å². The average molecular weight is 346 g/mol. The van der Waals surface area contributed by atoms with Gasteiger partial charge >= 0.3 is 0 Å². The highest BCUT2D eigenvalue weighted by molar-refractivity contribution is 7.80. The molecule has 0 aliphatic rings. The van der Waals surface area contributed by atoms with E-state index in [2.05, 4.69) is 22.5 Å². The van der Waals surface area contributed by atoms with E-state index in [-0.39, 0.29) is 5.91 Å². The number of anilines is 2. The van der Waals surface area contributed by atoms with Crippen LogP contribution >= 0.6 is 23.8 Å². The lowest BCUT2D eigenvalue weighted by Gasteiger charge is -2.10. The fourth-order valence-corrected chi connectivity index (χ4v) is 2.24. The number of rotatable bonds is 5. The van der Waals surface area contributed by atoms with E-state index in [1.165, 1.54) is 0 Å². The summed E-state index contributed by atoms with van der Waals surface area (Å²) in [7, 11) is 0. The fourth-order valence-electron chi connectivity index (χ4n) is 1.85. The second-order valence-electron chi connectivity index (χ2n) is 4.67. The molecule has 0 aliphatic carbocycles. The van der Waals surface area contributed by atoms with Gasteiger partial charge in [-0.25, -0.2) is 0 Å². The topological polar surface area (TPSA) is 53.2 Å². The third-order valence-corrected chi connectivity index (χ3v) is 3.35. The average Bonchev–Trinajstić information content (AvgIpc) is 2.53. The Morgan fingerprint density at radius 1 is 1.13 bits per heavy atom. The first-order valence-corrected chi connectivity index (χ1v) is 7.70. The highest BCUT2D eigenvalue weighted by Crippen LogP contribution is 2.17. The standard InChI is InChI=1S/C17H16ClN3OS/c1-2-9-19-17(23)21-14-7-3-5-12(10-14)16(22)20-15-8-4-6-13(18)11-15/h2-8,10-11H,1,9H2,(H,20,22)(H2,19,21,23). The van der Waals surface area contributed by atoms with Gasteiger partial charge in [0.05, 0.1) is 0 Å².